The molecule has 1 aromatic carbocycles. The van der Waals surface area contributed by atoms with Crippen molar-refractivity contribution in [1.82, 2.24) is 4.98 Å². The van der Waals surface area contributed by atoms with Crippen molar-refractivity contribution in [3.05, 3.63) is 60.3 Å². The summed E-state index contributed by atoms with van der Waals surface area (Å²) in [5.74, 6) is 0. The lowest BCUT2D eigenvalue weighted by Gasteiger charge is -2.14. The Labute approximate surface area is 165 Å². The average Bonchev–Trinajstić information content (AvgIpc) is 2.58. The topological polar surface area (TPSA) is 118 Å². The molecule has 0 aliphatic carbocycles. The van der Waals surface area contributed by atoms with Gasteiger partial charge in [-0.25, -0.2) is 9.78 Å². The third-order valence-corrected chi connectivity index (χ3v) is 4.51. The monoisotopic (exact) mass is 482 g/mol. The number of hydrogen-bond donors (Lipinski definition) is 1. The van der Waals surface area contributed by atoms with E-state index in [1.54, 1.807) is 31.2 Å². The van der Waals surface area contributed by atoms with Crippen LogP contribution in [0, 0.1) is 21.4 Å². The van der Waals surface area contributed by atoms with E-state index in [0.29, 0.717) is 15.7 Å². The number of halogens is 2. The molecule has 1 aromatic heterocycles. The lowest BCUT2D eigenvalue weighted by molar-refractivity contribution is -0.385. The molecule has 0 radical (unpaired) electrons. The summed E-state index contributed by atoms with van der Waals surface area (Å²) in [6.07, 6.45) is -0.605. The highest BCUT2D eigenvalue weighted by atomic mass is 79.9. The second kappa shape index (κ2) is 8.73. The van der Waals surface area contributed by atoms with Crippen molar-refractivity contribution in [2.75, 3.05) is 11.9 Å². The van der Waals surface area contributed by atoms with E-state index in [4.69, 9.17) is 10.00 Å². The standard InChI is InChI=1S/C16H12Br2N4O4/c1-2-26-16(23)20-12-11(7-9-4-3-5-10(6-9)8-19)14(17)21-15(18)13(12)22(24)25/h3-6H,2,7H2,1H3,(H,20,21,23). The number of benzene rings is 1. The van der Waals surface area contributed by atoms with Crippen LogP contribution in [-0.4, -0.2) is 22.6 Å². The smallest absolute Gasteiger partial charge is 0.411 e. The first-order chi connectivity index (χ1) is 12.4. The summed E-state index contributed by atoms with van der Waals surface area (Å²) >= 11 is 6.33. The summed E-state index contributed by atoms with van der Waals surface area (Å²) in [7, 11) is 0. The molecule has 0 bridgehead atoms. The van der Waals surface area contributed by atoms with Gasteiger partial charge in [-0.2, -0.15) is 5.26 Å². The van der Waals surface area contributed by atoms with Crippen molar-refractivity contribution < 1.29 is 14.5 Å². The number of nitro groups is 1. The fourth-order valence-corrected chi connectivity index (χ4v) is 3.52. The van der Waals surface area contributed by atoms with Crippen LogP contribution >= 0.6 is 31.9 Å². The quantitative estimate of drug-likeness (QED) is 0.378. The second-order valence-corrected chi connectivity index (χ2v) is 6.49. The van der Waals surface area contributed by atoms with Crippen molar-refractivity contribution >= 4 is 49.3 Å². The Bertz CT molecular complexity index is 912. The molecule has 10 heteroatoms. The molecule has 0 unspecified atom stereocenters. The lowest BCUT2D eigenvalue weighted by Crippen LogP contribution is -2.17. The first-order valence-electron chi connectivity index (χ1n) is 7.32. The number of pyridine rings is 1. The van der Waals surface area contributed by atoms with Gasteiger partial charge in [-0.05, 0) is 56.5 Å². The molecule has 1 N–H and O–H groups in total. The third-order valence-electron chi connectivity index (χ3n) is 3.30. The maximum atomic E-state index is 11.9. The molecule has 1 heterocycles. The largest absolute Gasteiger partial charge is 0.450 e. The Kier molecular flexibility index (Phi) is 6.65. The number of nitrogens with one attached hydrogen (secondary N) is 1. The Morgan fingerprint density at radius 1 is 1.42 bits per heavy atom. The van der Waals surface area contributed by atoms with E-state index >= 15 is 0 Å². The minimum absolute atomic E-state index is 0.0236. The molecule has 0 spiro atoms. The Balaban J connectivity index is 2.58. The maximum Gasteiger partial charge on any atom is 0.411 e. The van der Waals surface area contributed by atoms with Gasteiger partial charge in [-0.15, -0.1) is 0 Å². The van der Waals surface area contributed by atoms with Crippen molar-refractivity contribution in [3.8, 4) is 6.07 Å². The van der Waals surface area contributed by atoms with Crippen molar-refractivity contribution in [2.45, 2.75) is 13.3 Å². The second-order valence-electron chi connectivity index (χ2n) is 4.99. The molecular weight excluding hydrogens is 472 g/mol. The molecule has 0 saturated heterocycles. The van der Waals surface area contributed by atoms with Crippen LogP contribution in [0.3, 0.4) is 0 Å². The highest BCUT2D eigenvalue weighted by Gasteiger charge is 2.28. The number of anilines is 1. The normalized spacial score (nSPS) is 10.1. The molecular formula is C16H12Br2N4O4. The average molecular weight is 484 g/mol. The third kappa shape index (κ3) is 4.56. The van der Waals surface area contributed by atoms with E-state index in [2.05, 4.69) is 42.2 Å². The van der Waals surface area contributed by atoms with E-state index in [9.17, 15) is 14.9 Å². The number of ether oxygens (including phenoxy) is 1. The summed E-state index contributed by atoms with van der Waals surface area (Å²) < 4.78 is 5.13. The fraction of sp³-hybridized carbons (Fsp3) is 0.188. The van der Waals surface area contributed by atoms with E-state index < -0.39 is 11.0 Å². The molecule has 1 amide bonds. The van der Waals surface area contributed by atoms with E-state index in [0.717, 1.165) is 5.56 Å². The van der Waals surface area contributed by atoms with Gasteiger partial charge in [0, 0.05) is 12.0 Å². The van der Waals surface area contributed by atoms with Gasteiger partial charge in [0.05, 0.1) is 23.2 Å². The number of rotatable bonds is 5. The highest BCUT2D eigenvalue weighted by molar-refractivity contribution is 9.11. The summed E-state index contributed by atoms with van der Waals surface area (Å²) in [4.78, 5) is 26.8. The number of nitriles is 1. The number of amides is 1. The van der Waals surface area contributed by atoms with Crippen molar-refractivity contribution in [3.63, 3.8) is 0 Å². The Hall–Kier alpha value is -2.51. The molecule has 0 atom stereocenters. The van der Waals surface area contributed by atoms with Gasteiger partial charge in [0.15, 0.2) is 4.60 Å². The van der Waals surface area contributed by atoms with Crippen LogP contribution in [0.5, 0.6) is 0 Å². The van der Waals surface area contributed by atoms with Crippen LogP contribution in [0.1, 0.15) is 23.6 Å². The lowest BCUT2D eigenvalue weighted by atomic mass is 10.0. The molecule has 134 valence electrons. The van der Waals surface area contributed by atoms with E-state index in [1.165, 1.54) is 0 Å². The number of nitrogens with zero attached hydrogens (tertiary/aromatic N) is 3. The molecule has 2 aromatic rings. The van der Waals surface area contributed by atoms with Crippen LogP contribution in [0.2, 0.25) is 0 Å². The van der Waals surface area contributed by atoms with Gasteiger partial charge in [-0.1, -0.05) is 12.1 Å². The molecule has 26 heavy (non-hydrogen) atoms. The zero-order chi connectivity index (χ0) is 19.3. The summed E-state index contributed by atoms with van der Waals surface area (Å²) in [6.45, 7) is 1.74. The fourth-order valence-electron chi connectivity index (χ4n) is 2.24. The van der Waals surface area contributed by atoms with Gasteiger partial charge < -0.3 is 4.74 Å². The molecule has 0 aliphatic heterocycles. The number of aromatic nitrogens is 1. The van der Waals surface area contributed by atoms with Crippen LogP contribution in [-0.2, 0) is 11.2 Å². The number of hydrogen-bond acceptors (Lipinski definition) is 6. The van der Waals surface area contributed by atoms with E-state index in [1.807, 2.05) is 6.07 Å². The predicted octanol–water partition coefficient (Wildman–Crippen LogP) is 4.55. The first kappa shape index (κ1) is 19.8. The molecule has 8 nitrogen and oxygen atoms in total. The maximum absolute atomic E-state index is 11.9. The minimum Gasteiger partial charge on any atom is -0.450 e. The van der Waals surface area contributed by atoms with Crippen LogP contribution in [0.4, 0.5) is 16.2 Å². The summed E-state index contributed by atoms with van der Waals surface area (Å²) in [5.41, 5.74) is 1.17. The minimum atomic E-state index is -0.812. The summed E-state index contributed by atoms with van der Waals surface area (Å²) in [6, 6.07) is 8.83. The van der Waals surface area contributed by atoms with Gasteiger partial charge in [0.25, 0.3) is 0 Å². The van der Waals surface area contributed by atoms with Gasteiger partial charge >= 0.3 is 11.8 Å². The first-order valence-corrected chi connectivity index (χ1v) is 8.91. The number of carbonyl (C=O) groups is 1. The molecule has 0 saturated carbocycles. The summed E-state index contributed by atoms with van der Waals surface area (Å²) in [5, 5.41) is 22.9. The Morgan fingerprint density at radius 3 is 2.77 bits per heavy atom. The highest BCUT2D eigenvalue weighted by Crippen LogP contribution is 2.39. The Morgan fingerprint density at radius 2 is 2.15 bits per heavy atom. The SMILES string of the molecule is CCOC(=O)Nc1c(Cc2cccc(C#N)c2)c(Br)nc(Br)c1[N+](=O)[O-]. The zero-order valence-corrected chi connectivity index (χ0v) is 16.6. The predicted molar refractivity (Wildman–Crippen MR) is 101 cm³/mol. The zero-order valence-electron chi connectivity index (χ0n) is 13.5. The van der Waals surface area contributed by atoms with Crippen LogP contribution < -0.4 is 5.32 Å². The van der Waals surface area contributed by atoms with Crippen molar-refractivity contribution in [1.29, 1.82) is 5.26 Å². The van der Waals surface area contributed by atoms with Gasteiger partial charge in [0.2, 0.25) is 0 Å². The van der Waals surface area contributed by atoms with Crippen LogP contribution in [0.25, 0.3) is 0 Å². The van der Waals surface area contributed by atoms with Gasteiger partial charge in [0.1, 0.15) is 10.3 Å². The van der Waals surface area contributed by atoms with Crippen molar-refractivity contribution in [2.24, 2.45) is 0 Å². The molecule has 0 fully saturated rings. The van der Waals surface area contributed by atoms with E-state index in [-0.39, 0.29) is 29.0 Å². The van der Waals surface area contributed by atoms with Crippen LogP contribution in [0.15, 0.2) is 33.5 Å². The molecule has 2 rings (SSSR count). The number of carbonyl (C=O) groups excluding carboxylic acids is 1. The molecule has 0 aliphatic rings. The van der Waals surface area contributed by atoms with Gasteiger partial charge in [-0.3, -0.25) is 15.4 Å².